The Labute approximate surface area is 157 Å². The Morgan fingerprint density at radius 1 is 1.31 bits per heavy atom. The second kappa shape index (κ2) is 8.10. The van der Waals surface area contributed by atoms with E-state index in [1.165, 1.54) is 0 Å². The van der Waals surface area contributed by atoms with Crippen LogP contribution in [0.3, 0.4) is 0 Å². The van der Waals surface area contributed by atoms with E-state index < -0.39 is 0 Å². The Hall–Kier alpha value is -2.73. The number of hydrogen-bond acceptors (Lipinski definition) is 3. The molecule has 2 aromatic rings. The third-order valence-electron chi connectivity index (χ3n) is 4.21. The van der Waals surface area contributed by atoms with Crippen molar-refractivity contribution in [3.63, 3.8) is 0 Å². The minimum absolute atomic E-state index is 0.0886. The molecule has 0 aromatic heterocycles. The number of benzene rings is 2. The molecule has 0 spiro atoms. The van der Waals surface area contributed by atoms with Crippen LogP contribution in [-0.4, -0.2) is 50.1 Å². The molecule has 0 saturated carbocycles. The number of ether oxygens (including phenoxy) is 1. The van der Waals surface area contributed by atoms with Crippen LogP contribution in [0.15, 0.2) is 42.5 Å². The van der Waals surface area contributed by atoms with Crippen molar-refractivity contribution < 1.29 is 14.3 Å². The van der Waals surface area contributed by atoms with Crippen molar-refractivity contribution in [2.24, 2.45) is 0 Å². The van der Waals surface area contributed by atoms with Crippen LogP contribution in [0.1, 0.15) is 10.4 Å². The number of hydrogen-bond donors (Lipinski definition) is 2. The van der Waals surface area contributed by atoms with Gasteiger partial charge in [0.25, 0.3) is 5.91 Å². The van der Waals surface area contributed by atoms with E-state index >= 15 is 0 Å². The van der Waals surface area contributed by atoms with Crippen molar-refractivity contribution >= 4 is 23.5 Å². The fourth-order valence-corrected chi connectivity index (χ4v) is 3.04. The molecule has 0 radical (unpaired) electrons. The molecular formula is C19H20ClN3O3. The van der Waals surface area contributed by atoms with Gasteiger partial charge in [-0.3, -0.25) is 4.79 Å². The number of nitrogens with one attached hydrogen (secondary N) is 2. The van der Waals surface area contributed by atoms with Gasteiger partial charge in [0.2, 0.25) is 0 Å². The predicted octanol–water partition coefficient (Wildman–Crippen LogP) is 2.77. The summed E-state index contributed by atoms with van der Waals surface area (Å²) < 4.78 is 5.38. The standard InChI is InChI=1S/C19H20ClN3O3/c1-26-17-6-5-15(20)12-16(17)13-3-2-4-14(11-13)18(24)21-7-9-23-10-8-22-19(23)25/h2-6,11-12H,7-10H2,1H3,(H,21,24)(H,22,25). The number of amides is 3. The van der Waals surface area contributed by atoms with Crippen LogP contribution < -0.4 is 15.4 Å². The molecule has 1 aliphatic heterocycles. The molecule has 6 nitrogen and oxygen atoms in total. The fraction of sp³-hybridized carbons (Fsp3) is 0.263. The van der Waals surface area contributed by atoms with Crippen molar-refractivity contribution in [1.29, 1.82) is 0 Å². The Kier molecular flexibility index (Phi) is 5.63. The molecule has 3 amide bonds. The number of methoxy groups -OCH3 is 1. The lowest BCUT2D eigenvalue weighted by Gasteiger charge is -2.14. The highest BCUT2D eigenvalue weighted by Crippen LogP contribution is 2.32. The molecule has 136 valence electrons. The third-order valence-corrected chi connectivity index (χ3v) is 4.44. The fourth-order valence-electron chi connectivity index (χ4n) is 2.86. The molecule has 1 heterocycles. The quantitative estimate of drug-likeness (QED) is 0.818. The smallest absolute Gasteiger partial charge is 0.317 e. The molecular weight excluding hydrogens is 354 g/mol. The van der Waals surface area contributed by atoms with Gasteiger partial charge in [-0.1, -0.05) is 23.7 Å². The van der Waals surface area contributed by atoms with Crippen LogP contribution in [0, 0.1) is 0 Å². The summed E-state index contributed by atoms with van der Waals surface area (Å²) in [4.78, 5) is 25.6. The van der Waals surface area contributed by atoms with Crippen LogP contribution in [-0.2, 0) is 0 Å². The monoisotopic (exact) mass is 373 g/mol. The van der Waals surface area contributed by atoms with Crippen molar-refractivity contribution in [1.82, 2.24) is 15.5 Å². The van der Waals surface area contributed by atoms with Gasteiger partial charge in [0.1, 0.15) is 5.75 Å². The van der Waals surface area contributed by atoms with Gasteiger partial charge in [-0.2, -0.15) is 0 Å². The summed E-state index contributed by atoms with van der Waals surface area (Å²) in [6, 6.07) is 12.5. The summed E-state index contributed by atoms with van der Waals surface area (Å²) in [7, 11) is 1.60. The molecule has 0 bridgehead atoms. The Balaban J connectivity index is 1.70. The summed E-state index contributed by atoms with van der Waals surface area (Å²) in [5.41, 5.74) is 2.20. The highest BCUT2D eigenvalue weighted by molar-refractivity contribution is 6.31. The van der Waals surface area contributed by atoms with Crippen molar-refractivity contribution in [3.8, 4) is 16.9 Å². The van der Waals surface area contributed by atoms with E-state index in [1.807, 2.05) is 18.2 Å². The molecule has 3 rings (SSSR count). The maximum absolute atomic E-state index is 12.4. The maximum atomic E-state index is 12.4. The van der Waals surface area contributed by atoms with Gasteiger partial charge in [-0.15, -0.1) is 0 Å². The first-order valence-electron chi connectivity index (χ1n) is 8.33. The van der Waals surface area contributed by atoms with Gasteiger partial charge < -0.3 is 20.3 Å². The summed E-state index contributed by atoms with van der Waals surface area (Å²) in [5.74, 6) is 0.499. The lowest BCUT2D eigenvalue weighted by molar-refractivity contribution is 0.0950. The average Bonchev–Trinajstić information content (AvgIpc) is 3.06. The van der Waals surface area contributed by atoms with Crippen LogP contribution >= 0.6 is 11.6 Å². The van der Waals surface area contributed by atoms with Crippen molar-refractivity contribution in [2.75, 3.05) is 33.3 Å². The molecule has 0 unspecified atom stereocenters. The molecule has 2 N–H and O–H groups in total. The number of nitrogens with zero attached hydrogens (tertiary/aromatic N) is 1. The van der Waals surface area contributed by atoms with Gasteiger partial charge in [-0.25, -0.2) is 4.79 Å². The number of rotatable bonds is 6. The largest absolute Gasteiger partial charge is 0.496 e. The second-order valence-corrected chi connectivity index (χ2v) is 6.34. The lowest BCUT2D eigenvalue weighted by atomic mass is 10.0. The van der Waals surface area contributed by atoms with Crippen LogP contribution in [0.25, 0.3) is 11.1 Å². The lowest BCUT2D eigenvalue weighted by Crippen LogP contribution is -2.36. The first kappa shape index (κ1) is 18.1. The maximum Gasteiger partial charge on any atom is 0.317 e. The highest BCUT2D eigenvalue weighted by Gasteiger charge is 2.19. The summed E-state index contributed by atoms with van der Waals surface area (Å²) in [6.45, 7) is 2.20. The summed E-state index contributed by atoms with van der Waals surface area (Å²) in [5, 5.41) is 6.18. The zero-order valence-corrected chi connectivity index (χ0v) is 15.2. The van der Waals surface area contributed by atoms with Crippen LogP contribution in [0.2, 0.25) is 5.02 Å². The normalized spacial score (nSPS) is 13.5. The van der Waals surface area contributed by atoms with Gasteiger partial charge >= 0.3 is 6.03 Å². The van der Waals surface area contributed by atoms with E-state index in [4.69, 9.17) is 16.3 Å². The molecule has 0 aliphatic carbocycles. The Morgan fingerprint density at radius 3 is 2.88 bits per heavy atom. The van der Waals surface area contributed by atoms with E-state index in [-0.39, 0.29) is 11.9 Å². The average molecular weight is 374 g/mol. The molecule has 2 aromatic carbocycles. The summed E-state index contributed by atoms with van der Waals surface area (Å²) >= 11 is 6.10. The minimum Gasteiger partial charge on any atom is -0.496 e. The van der Waals surface area contributed by atoms with Crippen LogP contribution in [0.5, 0.6) is 5.75 Å². The van der Waals surface area contributed by atoms with E-state index in [9.17, 15) is 9.59 Å². The van der Waals surface area contributed by atoms with Crippen LogP contribution in [0.4, 0.5) is 4.79 Å². The van der Waals surface area contributed by atoms with E-state index in [1.54, 1.807) is 36.3 Å². The van der Waals surface area contributed by atoms with E-state index in [0.717, 1.165) is 11.1 Å². The zero-order chi connectivity index (χ0) is 18.5. The first-order valence-corrected chi connectivity index (χ1v) is 8.71. The Morgan fingerprint density at radius 2 is 2.15 bits per heavy atom. The SMILES string of the molecule is COc1ccc(Cl)cc1-c1cccc(C(=O)NCCN2CCNC2=O)c1. The van der Waals surface area contributed by atoms with E-state index in [2.05, 4.69) is 10.6 Å². The van der Waals surface area contributed by atoms with Crippen molar-refractivity contribution in [3.05, 3.63) is 53.1 Å². The molecule has 1 saturated heterocycles. The van der Waals surface area contributed by atoms with Gasteiger partial charge in [0.15, 0.2) is 0 Å². The third kappa shape index (κ3) is 4.08. The first-order chi connectivity index (χ1) is 12.6. The molecule has 1 aliphatic rings. The predicted molar refractivity (Wildman–Crippen MR) is 101 cm³/mol. The highest BCUT2D eigenvalue weighted by atomic mass is 35.5. The number of carbonyl (C=O) groups excluding carboxylic acids is 2. The molecule has 0 atom stereocenters. The van der Waals surface area contributed by atoms with Gasteiger partial charge in [-0.05, 0) is 35.9 Å². The zero-order valence-electron chi connectivity index (χ0n) is 14.4. The number of halogens is 1. The second-order valence-electron chi connectivity index (χ2n) is 5.90. The van der Waals surface area contributed by atoms with Gasteiger partial charge in [0.05, 0.1) is 7.11 Å². The molecule has 1 fully saturated rings. The van der Waals surface area contributed by atoms with Gasteiger partial charge in [0, 0.05) is 42.3 Å². The minimum atomic E-state index is -0.188. The van der Waals surface area contributed by atoms with Crippen molar-refractivity contribution in [2.45, 2.75) is 0 Å². The van der Waals surface area contributed by atoms with E-state index in [0.29, 0.717) is 42.5 Å². The molecule has 26 heavy (non-hydrogen) atoms. The number of urea groups is 1. The number of carbonyl (C=O) groups is 2. The summed E-state index contributed by atoms with van der Waals surface area (Å²) in [6.07, 6.45) is 0. The Bertz CT molecular complexity index is 825. The topological polar surface area (TPSA) is 70.7 Å². The molecule has 7 heteroatoms.